The van der Waals surface area contributed by atoms with Gasteiger partial charge in [0.15, 0.2) is 5.11 Å². The van der Waals surface area contributed by atoms with Crippen molar-refractivity contribution >= 4 is 46.2 Å². The second-order valence-corrected chi connectivity index (χ2v) is 5.01. The van der Waals surface area contributed by atoms with Gasteiger partial charge in [0.2, 0.25) is 0 Å². The number of nitro benzene ring substituents is 1. The first kappa shape index (κ1) is 15.9. The lowest BCUT2D eigenvalue weighted by Gasteiger charge is -2.10. The van der Waals surface area contributed by atoms with Crippen LogP contribution in [0.5, 0.6) is 0 Å². The van der Waals surface area contributed by atoms with Crippen LogP contribution in [0.15, 0.2) is 48.5 Å². The lowest BCUT2D eigenvalue weighted by molar-refractivity contribution is -0.384. The van der Waals surface area contributed by atoms with Crippen LogP contribution in [0.25, 0.3) is 0 Å². The predicted octanol–water partition coefficient (Wildman–Crippen LogP) is 3.38. The SMILES string of the molecule is O=C(NC(=S)Nc1cccc([N+](=O)[O-])c1)c1ccccc1Cl. The van der Waals surface area contributed by atoms with Crippen LogP contribution in [0.3, 0.4) is 0 Å². The first-order valence-electron chi connectivity index (χ1n) is 6.08. The van der Waals surface area contributed by atoms with Crippen molar-refractivity contribution in [3.8, 4) is 0 Å². The van der Waals surface area contributed by atoms with Gasteiger partial charge in [-0.1, -0.05) is 29.8 Å². The van der Waals surface area contributed by atoms with E-state index in [2.05, 4.69) is 10.6 Å². The number of thiocarbonyl (C=S) groups is 1. The minimum Gasteiger partial charge on any atom is -0.332 e. The Hall–Kier alpha value is -2.51. The summed E-state index contributed by atoms with van der Waals surface area (Å²) in [7, 11) is 0. The third kappa shape index (κ3) is 4.00. The Balaban J connectivity index is 2.04. The smallest absolute Gasteiger partial charge is 0.271 e. The second kappa shape index (κ2) is 6.97. The van der Waals surface area contributed by atoms with Gasteiger partial charge in [-0.15, -0.1) is 0 Å². The van der Waals surface area contributed by atoms with Crippen molar-refractivity contribution in [2.24, 2.45) is 0 Å². The minimum atomic E-state index is -0.517. The van der Waals surface area contributed by atoms with Crippen LogP contribution in [0.1, 0.15) is 10.4 Å². The third-order valence-corrected chi connectivity index (χ3v) is 3.19. The van der Waals surface area contributed by atoms with Gasteiger partial charge in [0.05, 0.1) is 15.5 Å². The lowest BCUT2D eigenvalue weighted by atomic mass is 10.2. The molecule has 0 saturated carbocycles. The molecule has 6 nitrogen and oxygen atoms in total. The number of amides is 1. The van der Waals surface area contributed by atoms with Gasteiger partial charge in [-0.3, -0.25) is 20.2 Å². The van der Waals surface area contributed by atoms with Gasteiger partial charge >= 0.3 is 0 Å². The summed E-state index contributed by atoms with van der Waals surface area (Å²) >= 11 is 10.9. The first-order valence-corrected chi connectivity index (χ1v) is 6.87. The summed E-state index contributed by atoms with van der Waals surface area (Å²) in [6, 6.07) is 12.3. The van der Waals surface area contributed by atoms with Crippen LogP contribution >= 0.6 is 23.8 Å². The van der Waals surface area contributed by atoms with E-state index in [9.17, 15) is 14.9 Å². The summed E-state index contributed by atoms with van der Waals surface area (Å²) < 4.78 is 0. The fraction of sp³-hybridized carbons (Fsp3) is 0. The lowest BCUT2D eigenvalue weighted by Crippen LogP contribution is -2.34. The number of nitro groups is 1. The summed E-state index contributed by atoms with van der Waals surface area (Å²) in [5.74, 6) is -0.464. The van der Waals surface area contributed by atoms with Gasteiger partial charge in [-0.05, 0) is 30.4 Å². The van der Waals surface area contributed by atoms with Gasteiger partial charge < -0.3 is 5.32 Å². The van der Waals surface area contributed by atoms with E-state index in [1.807, 2.05) is 0 Å². The Morgan fingerprint density at radius 3 is 2.59 bits per heavy atom. The van der Waals surface area contributed by atoms with E-state index in [1.54, 1.807) is 30.3 Å². The highest BCUT2D eigenvalue weighted by molar-refractivity contribution is 7.80. The monoisotopic (exact) mass is 335 g/mol. The van der Waals surface area contributed by atoms with Gasteiger partial charge in [-0.25, -0.2) is 0 Å². The van der Waals surface area contributed by atoms with Gasteiger partial charge in [0.1, 0.15) is 0 Å². The van der Waals surface area contributed by atoms with Gasteiger partial charge in [-0.2, -0.15) is 0 Å². The van der Waals surface area contributed by atoms with E-state index in [0.717, 1.165) is 0 Å². The molecule has 1 amide bonds. The molecular weight excluding hydrogens is 326 g/mol. The second-order valence-electron chi connectivity index (χ2n) is 4.20. The van der Waals surface area contributed by atoms with Crippen molar-refractivity contribution in [3.63, 3.8) is 0 Å². The van der Waals surface area contributed by atoms with E-state index >= 15 is 0 Å². The van der Waals surface area contributed by atoms with Gasteiger partial charge in [0.25, 0.3) is 11.6 Å². The number of anilines is 1. The van der Waals surface area contributed by atoms with Crippen LogP contribution in [-0.4, -0.2) is 15.9 Å². The molecule has 0 unspecified atom stereocenters. The average molecular weight is 336 g/mol. The fourth-order valence-corrected chi connectivity index (χ4v) is 2.11. The van der Waals surface area contributed by atoms with Crippen molar-refractivity contribution in [1.82, 2.24) is 5.32 Å². The topological polar surface area (TPSA) is 84.3 Å². The molecule has 0 atom stereocenters. The van der Waals surface area contributed by atoms with Crippen molar-refractivity contribution < 1.29 is 9.72 Å². The van der Waals surface area contributed by atoms with Crippen LogP contribution in [0, 0.1) is 10.1 Å². The minimum absolute atomic E-state index is 0.0189. The summed E-state index contributed by atoms with van der Waals surface area (Å²) in [6.45, 7) is 0. The zero-order chi connectivity index (χ0) is 16.1. The molecule has 0 saturated heterocycles. The molecule has 0 spiro atoms. The van der Waals surface area contributed by atoms with E-state index in [1.165, 1.54) is 18.2 Å². The number of hydrogen-bond donors (Lipinski definition) is 2. The third-order valence-electron chi connectivity index (χ3n) is 2.66. The number of carbonyl (C=O) groups is 1. The maximum atomic E-state index is 12.0. The van der Waals surface area contributed by atoms with Crippen molar-refractivity contribution in [3.05, 3.63) is 69.2 Å². The number of carbonyl (C=O) groups excluding carboxylic acids is 1. The largest absolute Gasteiger partial charge is 0.332 e. The molecule has 0 bridgehead atoms. The normalized spacial score (nSPS) is 9.86. The number of benzene rings is 2. The van der Waals surface area contributed by atoms with E-state index < -0.39 is 10.8 Å². The number of nitrogens with zero attached hydrogens (tertiary/aromatic N) is 1. The quantitative estimate of drug-likeness (QED) is 0.510. The summed E-state index contributed by atoms with van der Waals surface area (Å²) in [4.78, 5) is 22.2. The predicted molar refractivity (Wildman–Crippen MR) is 88.2 cm³/mol. The van der Waals surface area contributed by atoms with E-state index in [-0.39, 0.29) is 16.4 Å². The highest BCUT2D eigenvalue weighted by atomic mass is 35.5. The van der Waals surface area contributed by atoms with Crippen LogP contribution < -0.4 is 10.6 Å². The molecule has 112 valence electrons. The molecule has 0 aliphatic carbocycles. The van der Waals surface area contributed by atoms with Crippen molar-refractivity contribution in [2.45, 2.75) is 0 Å². The molecule has 2 N–H and O–H groups in total. The highest BCUT2D eigenvalue weighted by Gasteiger charge is 2.12. The fourth-order valence-electron chi connectivity index (χ4n) is 1.68. The number of rotatable bonds is 3. The highest BCUT2D eigenvalue weighted by Crippen LogP contribution is 2.17. The molecule has 2 aromatic rings. The summed E-state index contributed by atoms with van der Waals surface area (Å²) in [5.41, 5.74) is 0.608. The molecule has 0 aliphatic heterocycles. The number of halogens is 1. The molecule has 22 heavy (non-hydrogen) atoms. The zero-order valence-corrected chi connectivity index (χ0v) is 12.6. The number of non-ortho nitro benzene ring substituents is 1. The first-order chi connectivity index (χ1) is 10.5. The van der Waals surface area contributed by atoms with E-state index in [0.29, 0.717) is 10.7 Å². The van der Waals surface area contributed by atoms with Crippen LogP contribution in [-0.2, 0) is 0 Å². The summed E-state index contributed by atoms with van der Waals surface area (Å²) in [5, 5.41) is 16.2. The van der Waals surface area contributed by atoms with Crippen LogP contribution in [0.4, 0.5) is 11.4 Å². The molecule has 2 aromatic carbocycles. The summed E-state index contributed by atoms with van der Waals surface area (Å²) in [6.07, 6.45) is 0. The van der Waals surface area contributed by atoms with Crippen LogP contribution in [0.2, 0.25) is 5.02 Å². The zero-order valence-electron chi connectivity index (χ0n) is 11.1. The standard InChI is InChI=1S/C14H10ClN3O3S/c15-12-7-2-1-6-11(12)13(19)17-14(22)16-9-4-3-5-10(8-9)18(20)21/h1-8H,(H2,16,17,19,22). The Morgan fingerprint density at radius 1 is 1.18 bits per heavy atom. The Bertz CT molecular complexity index is 752. The van der Waals surface area contributed by atoms with Crippen molar-refractivity contribution in [1.29, 1.82) is 0 Å². The number of nitrogens with one attached hydrogen (secondary N) is 2. The molecule has 8 heteroatoms. The van der Waals surface area contributed by atoms with E-state index in [4.69, 9.17) is 23.8 Å². The molecule has 0 aromatic heterocycles. The molecule has 2 rings (SSSR count). The molecule has 0 aliphatic rings. The van der Waals surface area contributed by atoms with Crippen molar-refractivity contribution in [2.75, 3.05) is 5.32 Å². The maximum Gasteiger partial charge on any atom is 0.271 e. The Labute approximate surface area is 136 Å². The maximum absolute atomic E-state index is 12.0. The Kier molecular flexibility index (Phi) is 5.03. The Morgan fingerprint density at radius 2 is 1.91 bits per heavy atom. The molecule has 0 radical (unpaired) electrons. The number of hydrogen-bond acceptors (Lipinski definition) is 4. The molecule has 0 fully saturated rings. The average Bonchev–Trinajstić information content (AvgIpc) is 2.47. The van der Waals surface area contributed by atoms with Gasteiger partial charge in [0, 0.05) is 17.8 Å². The molecular formula is C14H10ClN3O3S. The molecule has 0 heterocycles.